The van der Waals surface area contributed by atoms with Gasteiger partial charge in [0.1, 0.15) is 15.6 Å². The van der Waals surface area contributed by atoms with Crippen LogP contribution in [0.25, 0.3) is 10.6 Å². The second kappa shape index (κ2) is 7.10. The van der Waals surface area contributed by atoms with Crippen molar-refractivity contribution >= 4 is 17.2 Å². The normalized spacial score (nSPS) is 14.3. The molecule has 0 saturated carbocycles. The second-order valence-electron chi connectivity index (χ2n) is 5.63. The SMILES string of the molecule is CCOc1ccc(-c2nc(C)c(C(=O)NCC3CNC3)s2)cc1. The number of rotatable bonds is 6. The molecule has 0 unspecified atom stereocenters. The number of benzene rings is 1. The maximum atomic E-state index is 12.3. The number of hydrogen-bond donors (Lipinski definition) is 2. The number of carbonyl (C=O) groups is 1. The van der Waals surface area contributed by atoms with Gasteiger partial charge in [-0.3, -0.25) is 4.79 Å². The van der Waals surface area contributed by atoms with Gasteiger partial charge in [0.05, 0.1) is 12.3 Å². The molecule has 0 atom stereocenters. The zero-order valence-electron chi connectivity index (χ0n) is 13.4. The topological polar surface area (TPSA) is 63.2 Å². The monoisotopic (exact) mass is 331 g/mol. The number of nitrogens with one attached hydrogen (secondary N) is 2. The highest BCUT2D eigenvalue weighted by atomic mass is 32.1. The molecule has 2 heterocycles. The maximum absolute atomic E-state index is 12.3. The predicted octanol–water partition coefficient (Wildman–Crippen LogP) is 2.47. The second-order valence-corrected chi connectivity index (χ2v) is 6.62. The molecule has 1 aromatic carbocycles. The summed E-state index contributed by atoms with van der Waals surface area (Å²) in [6.45, 7) is 7.19. The van der Waals surface area contributed by atoms with Crippen LogP contribution in [0, 0.1) is 12.8 Å². The molecule has 1 saturated heterocycles. The van der Waals surface area contributed by atoms with Crippen LogP contribution in [0.3, 0.4) is 0 Å². The van der Waals surface area contributed by atoms with Crippen molar-refractivity contribution in [2.45, 2.75) is 13.8 Å². The highest BCUT2D eigenvalue weighted by Crippen LogP contribution is 2.29. The molecule has 5 nitrogen and oxygen atoms in total. The summed E-state index contributed by atoms with van der Waals surface area (Å²) in [4.78, 5) is 17.6. The molecule has 1 aliphatic heterocycles. The summed E-state index contributed by atoms with van der Waals surface area (Å²) in [7, 11) is 0. The Morgan fingerprint density at radius 3 is 2.74 bits per heavy atom. The standard InChI is InChI=1S/C17H21N3O2S/c1-3-22-14-6-4-13(5-7-14)17-20-11(2)15(23-17)16(21)19-10-12-8-18-9-12/h4-7,12,18H,3,8-10H2,1-2H3,(H,19,21). The number of nitrogens with zero attached hydrogens (tertiary/aromatic N) is 1. The van der Waals surface area contributed by atoms with Crippen LogP contribution in [0.5, 0.6) is 5.75 Å². The molecule has 0 aliphatic carbocycles. The Morgan fingerprint density at radius 2 is 2.13 bits per heavy atom. The Labute approximate surface area is 140 Å². The van der Waals surface area contributed by atoms with Crippen molar-refractivity contribution in [2.75, 3.05) is 26.2 Å². The van der Waals surface area contributed by atoms with E-state index in [2.05, 4.69) is 15.6 Å². The summed E-state index contributed by atoms with van der Waals surface area (Å²) in [6.07, 6.45) is 0. The minimum Gasteiger partial charge on any atom is -0.494 e. The molecule has 122 valence electrons. The van der Waals surface area contributed by atoms with E-state index in [1.165, 1.54) is 11.3 Å². The molecule has 0 spiro atoms. The molecule has 1 fully saturated rings. The number of aryl methyl sites for hydroxylation is 1. The van der Waals surface area contributed by atoms with Crippen LogP contribution in [-0.2, 0) is 0 Å². The Hall–Kier alpha value is -1.92. The summed E-state index contributed by atoms with van der Waals surface area (Å²) >= 11 is 1.44. The summed E-state index contributed by atoms with van der Waals surface area (Å²) < 4.78 is 5.45. The quantitative estimate of drug-likeness (QED) is 0.853. The maximum Gasteiger partial charge on any atom is 0.263 e. The zero-order chi connectivity index (χ0) is 16.2. The van der Waals surface area contributed by atoms with Crippen molar-refractivity contribution in [3.05, 3.63) is 34.8 Å². The van der Waals surface area contributed by atoms with Crippen LogP contribution in [0.15, 0.2) is 24.3 Å². The molecular weight excluding hydrogens is 310 g/mol. The van der Waals surface area contributed by atoms with E-state index < -0.39 is 0 Å². The number of hydrogen-bond acceptors (Lipinski definition) is 5. The summed E-state index contributed by atoms with van der Waals surface area (Å²) in [5.41, 5.74) is 1.78. The Morgan fingerprint density at radius 1 is 1.39 bits per heavy atom. The minimum atomic E-state index is -0.0240. The molecule has 0 radical (unpaired) electrons. The molecule has 2 N–H and O–H groups in total. The van der Waals surface area contributed by atoms with Crippen molar-refractivity contribution in [3.8, 4) is 16.3 Å². The number of aromatic nitrogens is 1. The molecule has 23 heavy (non-hydrogen) atoms. The van der Waals surface area contributed by atoms with Crippen molar-refractivity contribution in [2.24, 2.45) is 5.92 Å². The van der Waals surface area contributed by atoms with Gasteiger partial charge in [0.15, 0.2) is 0 Å². The van der Waals surface area contributed by atoms with Gasteiger partial charge in [-0.1, -0.05) is 0 Å². The zero-order valence-corrected chi connectivity index (χ0v) is 14.2. The third-order valence-electron chi connectivity index (χ3n) is 3.83. The van der Waals surface area contributed by atoms with Gasteiger partial charge in [-0.2, -0.15) is 0 Å². The number of ether oxygens (including phenoxy) is 1. The van der Waals surface area contributed by atoms with Gasteiger partial charge < -0.3 is 15.4 Å². The van der Waals surface area contributed by atoms with E-state index in [4.69, 9.17) is 4.74 Å². The average Bonchev–Trinajstić information content (AvgIpc) is 2.89. The smallest absolute Gasteiger partial charge is 0.263 e. The molecule has 6 heteroatoms. The van der Waals surface area contributed by atoms with Crippen LogP contribution in [0.4, 0.5) is 0 Å². The lowest BCUT2D eigenvalue weighted by atomic mass is 10.0. The van der Waals surface area contributed by atoms with E-state index >= 15 is 0 Å². The van der Waals surface area contributed by atoms with Gasteiger partial charge in [0, 0.05) is 31.1 Å². The first-order valence-electron chi connectivity index (χ1n) is 7.87. The van der Waals surface area contributed by atoms with Gasteiger partial charge in [0.25, 0.3) is 5.91 Å². The van der Waals surface area contributed by atoms with Gasteiger partial charge in [-0.05, 0) is 38.1 Å². The Kier molecular flexibility index (Phi) is 4.93. The lowest BCUT2D eigenvalue weighted by Gasteiger charge is -2.26. The first kappa shape index (κ1) is 16.0. The fraction of sp³-hybridized carbons (Fsp3) is 0.412. The highest BCUT2D eigenvalue weighted by molar-refractivity contribution is 7.17. The molecular formula is C17H21N3O2S. The fourth-order valence-electron chi connectivity index (χ4n) is 2.40. The first-order chi connectivity index (χ1) is 11.2. The molecule has 1 aromatic heterocycles. The first-order valence-corrected chi connectivity index (χ1v) is 8.68. The van der Waals surface area contributed by atoms with Crippen LogP contribution >= 0.6 is 11.3 Å². The minimum absolute atomic E-state index is 0.0240. The highest BCUT2D eigenvalue weighted by Gasteiger charge is 2.20. The van der Waals surface area contributed by atoms with E-state index in [9.17, 15) is 4.79 Å². The van der Waals surface area contributed by atoms with E-state index in [0.29, 0.717) is 17.4 Å². The summed E-state index contributed by atoms with van der Waals surface area (Å²) in [6, 6.07) is 7.81. The number of thiazole rings is 1. The third-order valence-corrected chi connectivity index (χ3v) is 5.04. The van der Waals surface area contributed by atoms with Crippen LogP contribution in [-0.4, -0.2) is 37.1 Å². The van der Waals surface area contributed by atoms with Crippen LogP contribution in [0.2, 0.25) is 0 Å². The lowest BCUT2D eigenvalue weighted by Crippen LogP contribution is -2.48. The van der Waals surface area contributed by atoms with Crippen molar-refractivity contribution in [1.82, 2.24) is 15.6 Å². The summed E-state index contributed by atoms with van der Waals surface area (Å²) in [5.74, 6) is 1.37. The van der Waals surface area contributed by atoms with E-state index in [1.807, 2.05) is 38.1 Å². The van der Waals surface area contributed by atoms with Crippen LogP contribution < -0.4 is 15.4 Å². The molecule has 2 aromatic rings. The number of carbonyl (C=O) groups excluding carboxylic acids is 1. The average molecular weight is 331 g/mol. The van der Waals surface area contributed by atoms with Crippen molar-refractivity contribution in [1.29, 1.82) is 0 Å². The van der Waals surface area contributed by atoms with Gasteiger partial charge >= 0.3 is 0 Å². The van der Waals surface area contributed by atoms with E-state index in [1.54, 1.807) is 0 Å². The largest absolute Gasteiger partial charge is 0.494 e. The van der Waals surface area contributed by atoms with Gasteiger partial charge in [-0.15, -0.1) is 11.3 Å². The Balaban J connectivity index is 1.70. The van der Waals surface area contributed by atoms with Gasteiger partial charge in [0.2, 0.25) is 0 Å². The van der Waals surface area contributed by atoms with Gasteiger partial charge in [-0.25, -0.2) is 4.98 Å². The van der Waals surface area contributed by atoms with E-state index in [-0.39, 0.29) is 5.91 Å². The molecule has 3 rings (SSSR count). The molecule has 1 amide bonds. The molecule has 1 aliphatic rings. The lowest BCUT2D eigenvalue weighted by molar-refractivity contribution is 0.0945. The third kappa shape index (κ3) is 3.71. The van der Waals surface area contributed by atoms with Crippen molar-refractivity contribution < 1.29 is 9.53 Å². The number of amides is 1. The Bertz CT molecular complexity index is 678. The van der Waals surface area contributed by atoms with Crippen LogP contribution in [0.1, 0.15) is 22.3 Å². The summed E-state index contributed by atoms with van der Waals surface area (Å²) in [5, 5.41) is 7.07. The van der Waals surface area contributed by atoms with Crippen molar-refractivity contribution in [3.63, 3.8) is 0 Å². The predicted molar refractivity (Wildman–Crippen MR) is 92.1 cm³/mol. The molecule has 0 bridgehead atoms. The fourth-order valence-corrected chi connectivity index (χ4v) is 3.39. The van der Waals surface area contributed by atoms with E-state index in [0.717, 1.165) is 41.6 Å².